The first kappa shape index (κ1) is 15.1. The van der Waals surface area contributed by atoms with Crippen molar-refractivity contribution in [3.8, 4) is 0 Å². The zero-order valence-corrected chi connectivity index (χ0v) is 12.6. The quantitative estimate of drug-likeness (QED) is 0.910. The minimum atomic E-state index is -1.06. The van der Waals surface area contributed by atoms with Crippen LogP contribution in [-0.4, -0.2) is 24.2 Å². The number of nitrogens with one attached hydrogen (secondary N) is 1. The Hall–Kier alpha value is -2.34. The summed E-state index contributed by atoms with van der Waals surface area (Å²) in [7, 11) is 1.55. The van der Waals surface area contributed by atoms with Crippen LogP contribution in [0.4, 0.5) is 10.5 Å². The molecule has 110 valence electrons. The van der Waals surface area contributed by atoms with Gasteiger partial charge >= 0.3 is 12.0 Å². The van der Waals surface area contributed by atoms with Gasteiger partial charge in [-0.1, -0.05) is 18.2 Å². The second-order valence-electron chi connectivity index (χ2n) is 4.57. The predicted molar refractivity (Wildman–Crippen MR) is 83.1 cm³/mol. The number of thiophene rings is 1. The maximum absolute atomic E-state index is 12.3. The third-order valence-corrected chi connectivity index (χ3v) is 4.17. The summed E-state index contributed by atoms with van der Waals surface area (Å²) < 4.78 is 0. The van der Waals surface area contributed by atoms with Gasteiger partial charge in [-0.05, 0) is 30.5 Å². The Morgan fingerprint density at radius 3 is 2.57 bits per heavy atom. The SMILES string of the molecule is CC(NC(=O)N(C)c1ccccc1C(=O)O)c1cccs1. The Bertz CT molecular complexity index is 640. The molecule has 1 aromatic carbocycles. The van der Waals surface area contributed by atoms with E-state index in [2.05, 4.69) is 5.32 Å². The van der Waals surface area contributed by atoms with Gasteiger partial charge in [0, 0.05) is 11.9 Å². The van der Waals surface area contributed by atoms with E-state index in [0.717, 1.165) is 4.88 Å². The van der Waals surface area contributed by atoms with Crippen molar-refractivity contribution in [3.05, 3.63) is 52.2 Å². The predicted octanol–water partition coefficient (Wildman–Crippen LogP) is 3.35. The van der Waals surface area contributed by atoms with E-state index in [1.807, 2.05) is 24.4 Å². The summed E-state index contributed by atoms with van der Waals surface area (Å²) in [4.78, 5) is 25.8. The molecular weight excluding hydrogens is 288 g/mol. The van der Waals surface area contributed by atoms with Gasteiger partial charge in [-0.25, -0.2) is 9.59 Å². The van der Waals surface area contributed by atoms with Crippen molar-refractivity contribution in [1.29, 1.82) is 0 Å². The number of aromatic carboxylic acids is 1. The lowest BCUT2D eigenvalue weighted by Crippen LogP contribution is -2.39. The number of carboxylic acid groups (broad SMARTS) is 1. The summed E-state index contributed by atoms with van der Waals surface area (Å²) in [5.74, 6) is -1.06. The first-order chi connectivity index (χ1) is 10.0. The fraction of sp³-hybridized carbons (Fsp3) is 0.200. The number of anilines is 1. The van der Waals surface area contributed by atoms with Crippen molar-refractivity contribution >= 4 is 29.0 Å². The topological polar surface area (TPSA) is 69.6 Å². The monoisotopic (exact) mass is 304 g/mol. The minimum absolute atomic E-state index is 0.0962. The van der Waals surface area contributed by atoms with Crippen LogP contribution in [0, 0.1) is 0 Å². The molecule has 0 radical (unpaired) electrons. The highest BCUT2D eigenvalue weighted by Gasteiger charge is 2.19. The molecule has 1 atom stereocenters. The average molecular weight is 304 g/mol. The summed E-state index contributed by atoms with van der Waals surface area (Å²) in [5.41, 5.74) is 0.458. The minimum Gasteiger partial charge on any atom is -0.478 e. The van der Waals surface area contributed by atoms with Crippen LogP contribution in [0.5, 0.6) is 0 Å². The Morgan fingerprint density at radius 1 is 1.24 bits per heavy atom. The largest absolute Gasteiger partial charge is 0.478 e. The van der Waals surface area contributed by atoms with Crippen molar-refractivity contribution in [2.75, 3.05) is 11.9 Å². The number of rotatable bonds is 4. The van der Waals surface area contributed by atoms with Crippen molar-refractivity contribution in [3.63, 3.8) is 0 Å². The van der Waals surface area contributed by atoms with E-state index in [-0.39, 0.29) is 17.6 Å². The first-order valence-corrected chi connectivity index (χ1v) is 7.28. The smallest absolute Gasteiger partial charge is 0.337 e. The van der Waals surface area contributed by atoms with Crippen LogP contribution in [0.15, 0.2) is 41.8 Å². The molecule has 1 unspecified atom stereocenters. The number of urea groups is 1. The molecule has 2 N–H and O–H groups in total. The molecule has 0 aliphatic carbocycles. The third kappa shape index (κ3) is 3.41. The number of nitrogens with zero attached hydrogens (tertiary/aromatic N) is 1. The molecule has 21 heavy (non-hydrogen) atoms. The van der Waals surface area contributed by atoms with Gasteiger partial charge in [0.25, 0.3) is 0 Å². The van der Waals surface area contributed by atoms with Gasteiger partial charge in [0.2, 0.25) is 0 Å². The first-order valence-electron chi connectivity index (χ1n) is 6.40. The zero-order chi connectivity index (χ0) is 15.4. The summed E-state index contributed by atoms with van der Waals surface area (Å²) in [6, 6.07) is 9.82. The Morgan fingerprint density at radius 2 is 1.95 bits per heavy atom. The van der Waals surface area contributed by atoms with Crippen LogP contribution >= 0.6 is 11.3 Å². The van der Waals surface area contributed by atoms with Crippen LogP contribution in [0.2, 0.25) is 0 Å². The number of para-hydroxylation sites is 1. The molecular formula is C15H16N2O3S. The molecule has 0 saturated carbocycles. The number of hydrogen-bond donors (Lipinski definition) is 2. The second-order valence-corrected chi connectivity index (χ2v) is 5.55. The molecule has 0 aliphatic heterocycles. The van der Waals surface area contributed by atoms with Gasteiger partial charge in [-0.15, -0.1) is 11.3 Å². The molecule has 5 nitrogen and oxygen atoms in total. The molecule has 2 rings (SSSR count). The lowest BCUT2D eigenvalue weighted by molar-refractivity contribution is 0.0697. The van der Waals surface area contributed by atoms with Crippen molar-refractivity contribution < 1.29 is 14.7 Å². The third-order valence-electron chi connectivity index (χ3n) is 3.11. The van der Waals surface area contributed by atoms with E-state index >= 15 is 0 Å². The standard InChI is InChI=1S/C15H16N2O3S/c1-10(13-8-5-9-21-13)16-15(20)17(2)12-7-4-3-6-11(12)14(18)19/h3-10H,1-2H3,(H,16,20)(H,18,19). The van der Waals surface area contributed by atoms with Crippen molar-refractivity contribution in [2.24, 2.45) is 0 Å². The molecule has 2 amide bonds. The van der Waals surface area contributed by atoms with Crippen LogP contribution in [-0.2, 0) is 0 Å². The van der Waals surface area contributed by atoms with Gasteiger partial charge in [0.15, 0.2) is 0 Å². The fourth-order valence-electron chi connectivity index (χ4n) is 1.95. The Balaban J connectivity index is 2.14. The van der Waals surface area contributed by atoms with Crippen molar-refractivity contribution in [2.45, 2.75) is 13.0 Å². The summed E-state index contributed by atoms with van der Waals surface area (Å²) in [6.07, 6.45) is 0. The lowest BCUT2D eigenvalue weighted by Gasteiger charge is -2.22. The summed E-state index contributed by atoms with van der Waals surface area (Å²) in [5, 5.41) is 14.0. The van der Waals surface area contributed by atoms with Crippen LogP contribution in [0.3, 0.4) is 0 Å². The fourth-order valence-corrected chi connectivity index (χ4v) is 2.68. The van der Waals surface area contributed by atoms with Crippen LogP contribution in [0.1, 0.15) is 28.2 Å². The lowest BCUT2D eigenvalue weighted by atomic mass is 10.1. The summed E-state index contributed by atoms with van der Waals surface area (Å²) >= 11 is 1.56. The van der Waals surface area contributed by atoms with Gasteiger partial charge in [0.1, 0.15) is 0 Å². The highest BCUT2D eigenvalue weighted by Crippen LogP contribution is 2.21. The van der Waals surface area contributed by atoms with E-state index in [1.54, 1.807) is 36.6 Å². The number of carbonyl (C=O) groups is 2. The van der Waals surface area contributed by atoms with E-state index in [9.17, 15) is 14.7 Å². The molecule has 0 saturated heterocycles. The van der Waals surface area contributed by atoms with E-state index in [4.69, 9.17) is 0 Å². The van der Waals surface area contributed by atoms with Crippen LogP contribution in [0.25, 0.3) is 0 Å². The molecule has 0 spiro atoms. The second kappa shape index (κ2) is 6.41. The molecule has 2 aromatic rings. The van der Waals surface area contributed by atoms with Gasteiger partial charge < -0.3 is 10.4 Å². The average Bonchev–Trinajstić information content (AvgIpc) is 3.00. The molecule has 6 heteroatoms. The number of benzene rings is 1. The maximum atomic E-state index is 12.3. The maximum Gasteiger partial charge on any atom is 0.337 e. The highest BCUT2D eigenvalue weighted by atomic mass is 32.1. The number of carbonyl (C=O) groups excluding carboxylic acids is 1. The number of amides is 2. The number of hydrogen-bond acceptors (Lipinski definition) is 3. The van der Waals surface area contributed by atoms with Gasteiger partial charge in [-0.3, -0.25) is 4.90 Å². The normalized spacial score (nSPS) is 11.7. The van der Waals surface area contributed by atoms with Crippen LogP contribution < -0.4 is 10.2 Å². The molecule has 1 heterocycles. The number of carboxylic acids is 1. The van der Waals surface area contributed by atoms with E-state index in [1.165, 1.54) is 11.0 Å². The van der Waals surface area contributed by atoms with Gasteiger partial charge in [-0.2, -0.15) is 0 Å². The Kier molecular flexibility index (Phi) is 4.59. The Labute approximate surface area is 126 Å². The molecule has 0 aliphatic rings. The molecule has 0 bridgehead atoms. The van der Waals surface area contributed by atoms with Gasteiger partial charge in [0.05, 0.1) is 17.3 Å². The van der Waals surface area contributed by atoms with E-state index < -0.39 is 5.97 Å². The zero-order valence-electron chi connectivity index (χ0n) is 11.7. The summed E-state index contributed by atoms with van der Waals surface area (Å²) in [6.45, 7) is 1.89. The molecule has 0 fully saturated rings. The molecule has 1 aromatic heterocycles. The van der Waals surface area contributed by atoms with Crippen molar-refractivity contribution in [1.82, 2.24) is 5.32 Å². The highest BCUT2D eigenvalue weighted by molar-refractivity contribution is 7.10. The van der Waals surface area contributed by atoms with E-state index in [0.29, 0.717) is 5.69 Å².